The molecule has 1 amide bonds. The number of anilines is 2. The second-order valence-corrected chi connectivity index (χ2v) is 9.00. The minimum Gasteiger partial charge on any atom is -0.495 e. The number of hydrogen-bond donors (Lipinski definition) is 0. The lowest BCUT2D eigenvalue weighted by Crippen LogP contribution is -2.41. The predicted octanol–water partition coefficient (Wildman–Crippen LogP) is 2.82. The van der Waals surface area contributed by atoms with Crippen LogP contribution in [0.2, 0.25) is 5.02 Å². The van der Waals surface area contributed by atoms with Gasteiger partial charge in [0.2, 0.25) is 5.95 Å². The van der Waals surface area contributed by atoms with Crippen molar-refractivity contribution in [2.45, 2.75) is 19.4 Å². The number of carbonyl (C=O) groups is 2. The zero-order valence-electron chi connectivity index (χ0n) is 20.1. The van der Waals surface area contributed by atoms with E-state index in [9.17, 15) is 9.59 Å². The van der Waals surface area contributed by atoms with Gasteiger partial charge in [-0.05, 0) is 36.6 Å². The number of hydrogen-bond acceptors (Lipinski definition) is 8. The van der Waals surface area contributed by atoms with E-state index in [1.165, 1.54) is 0 Å². The Bertz CT molecular complexity index is 1100. The second-order valence-electron chi connectivity index (χ2n) is 8.59. The molecule has 0 saturated carbocycles. The number of rotatable bonds is 8. The molecule has 35 heavy (non-hydrogen) atoms. The summed E-state index contributed by atoms with van der Waals surface area (Å²) in [7, 11) is 3.49. The molecule has 0 bridgehead atoms. The number of benzene rings is 1. The Hall–Kier alpha value is -3.17. The molecule has 0 N–H and O–H groups in total. The number of methoxy groups -OCH3 is 1. The molecule has 2 fully saturated rings. The van der Waals surface area contributed by atoms with E-state index in [1.807, 2.05) is 30.1 Å². The Morgan fingerprint density at radius 2 is 1.97 bits per heavy atom. The van der Waals surface area contributed by atoms with E-state index < -0.39 is 0 Å². The fourth-order valence-corrected chi connectivity index (χ4v) is 4.55. The van der Waals surface area contributed by atoms with Crippen LogP contribution in [0.15, 0.2) is 30.0 Å². The van der Waals surface area contributed by atoms with Crippen LogP contribution in [0.3, 0.4) is 0 Å². The number of amides is 1. The Morgan fingerprint density at radius 3 is 2.63 bits per heavy atom. The van der Waals surface area contributed by atoms with Crippen molar-refractivity contribution in [3.63, 3.8) is 0 Å². The highest BCUT2D eigenvalue weighted by Gasteiger charge is 2.23. The van der Waals surface area contributed by atoms with Crippen LogP contribution >= 0.6 is 11.6 Å². The van der Waals surface area contributed by atoms with Gasteiger partial charge >= 0.3 is 0 Å². The van der Waals surface area contributed by atoms with Crippen molar-refractivity contribution < 1.29 is 19.1 Å². The summed E-state index contributed by atoms with van der Waals surface area (Å²) in [6.07, 6.45) is 6.06. The normalized spacial score (nSPS) is 16.4. The molecular weight excluding hydrogens is 470 g/mol. The predicted molar refractivity (Wildman–Crippen MR) is 135 cm³/mol. The van der Waals surface area contributed by atoms with Crippen molar-refractivity contribution in [1.82, 2.24) is 14.9 Å². The maximum Gasteiger partial charge on any atom is 0.257 e. The van der Waals surface area contributed by atoms with Gasteiger partial charge in [-0.2, -0.15) is 4.98 Å². The molecule has 2 aromatic rings. The van der Waals surface area contributed by atoms with Gasteiger partial charge in [0.15, 0.2) is 6.29 Å². The minimum absolute atomic E-state index is 0.0616. The van der Waals surface area contributed by atoms with Gasteiger partial charge in [0.05, 0.1) is 30.9 Å². The van der Waals surface area contributed by atoms with Gasteiger partial charge < -0.3 is 24.2 Å². The number of carbonyl (C=O) groups excluding carboxylic acids is 2. The van der Waals surface area contributed by atoms with Gasteiger partial charge in [-0.1, -0.05) is 17.7 Å². The van der Waals surface area contributed by atoms with E-state index in [2.05, 4.69) is 9.88 Å². The molecule has 2 aliphatic rings. The molecule has 0 unspecified atom stereocenters. The quantitative estimate of drug-likeness (QED) is 0.237. The Morgan fingerprint density at radius 1 is 1.23 bits per heavy atom. The van der Waals surface area contributed by atoms with Crippen molar-refractivity contribution in [2.24, 2.45) is 0 Å². The summed E-state index contributed by atoms with van der Waals surface area (Å²) in [4.78, 5) is 40.0. The summed E-state index contributed by atoms with van der Waals surface area (Å²) in [5.41, 5.74) is 1.62. The van der Waals surface area contributed by atoms with Crippen molar-refractivity contribution in [1.29, 1.82) is 0 Å². The van der Waals surface area contributed by atoms with E-state index in [0.29, 0.717) is 67.2 Å². The largest absolute Gasteiger partial charge is 0.495 e. The van der Waals surface area contributed by atoms with Gasteiger partial charge in [0, 0.05) is 51.5 Å². The Kier molecular flexibility index (Phi) is 8.20. The smallest absolute Gasteiger partial charge is 0.257 e. The highest BCUT2D eigenvalue weighted by atomic mass is 35.5. The topological polar surface area (TPSA) is 88.1 Å². The lowest BCUT2D eigenvalue weighted by Gasteiger charge is -2.27. The first kappa shape index (κ1) is 24.9. The number of ether oxygens (including phenoxy) is 2. The number of halogens is 1. The molecule has 2 saturated heterocycles. The lowest BCUT2D eigenvalue weighted by molar-refractivity contribution is -0.131. The average molecular weight is 500 g/mol. The van der Waals surface area contributed by atoms with E-state index in [4.69, 9.17) is 26.1 Å². The number of aldehydes is 1. The van der Waals surface area contributed by atoms with Crippen LogP contribution in [0.1, 0.15) is 24.0 Å². The summed E-state index contributed by atoms with van der Waals surface area (Å²) >= 11 is 6.32. The highest BCUT2D eigenvalue weighted by Crippen LogP contribution is 2.28. The van der Waals surface area contributed by atoms with Crippen molar-refractivity contribution in [3.05, 3.63) is 46.1 Å². The van der Waals surface area contributed by atoms with E-state index >= 15 is 0 Å². The van der Waals surface area contributed by atoms with Crippen LogP contribution in [0, 0.1) is 0 Å². The highest BCUT2D eigenvalue weighted by molar-refractivity contribution is 6.32. The zero-order chi connectivity index (χ0) is 24.8. The van der Waals surface area contributed by atoms with Crippen molar-refractivity contribution in [2.75, 3.05) is 63.4 Å². The third-order valence-corrected chi connectivity index (χ3v) is 6.45. The lowest BCUT2D eigenvalue weighted by atomic mass is 10.1. The van der Waals surface area contributed by atoms with Gasteiger partial charge in [0.1, 0.15) is 11.6 Å². The molecule has 186 valence electrons. The van der Waals surface area contributed by atoms with E-state index in [0.717, 1.165) is 31.5 Å². The first-order valence-corrected chi connectivity index (χ1v) is 12.1. The summed E-state index contributed by atoms with van der Waals surface area (Å²) in [6.45, 7) is 4.16. The maximum absolute atomic E-state index is 13.0. The zero-order valence-corrected chi connectivity index (χ0v) is 20.8. The van der Waals surface area contributed by atoms with Gasteiger partial charge in [-0.15, -0.1) is 0 Å². The van der Waals surface area contributed by atoms with Crippen LogP contribution in [-0.4, -0.2) is 80.6 Å². The van der Waals surface area contributed by atoms with E-state index in [1.54, 1.807) is 24.3 Å². The molecule has 0 atom stereocenters. The first-order chi connectivity index (χ1) is 17.0. The molecule has 0 aliphatic carbocycles. The Balaban J connectivity index is 1.66. The van der Waals surface area contributed by atoms with Gasteiger partial charge in [0.25, 0.3) is 5.91 Å². The molecule has 0 spiro atoms. The molecule has 2 aliphatic heterocycles. The van der Waals surface area contributed by atoms with Gasteiger partial charge in [-0.3, -0.25) is 9.59 Å². The molecule has 1 aromatic heterocycles. The molecule has 4 rings (SSSR count). The third kappa shape index (κ3) is 5.91. The second kappa shape index (κ2) is 11.5. The molecule has 0 radical (unpaired) electrons. The molecule has 10 heteroatoms. The first-order valence-electron chi connectivity index (χ1n) is 11.7. The van der Waals surface area contributed by atoms with Crippen LogP contribution < -0.4 is 14.5 Å². The fraction of sp³-hybridized carbons (Fsp3) is 0.440. The van der Waals surface area contributed by atoms with Crippen LogP contribution in [0.25, 0.3) is 6.08 Å². The molecule has 9 nitrogen and oxygen atoms in total. The Labute approximate surface area is 210 Å². The summed E-state index contributed by atoms with van der Waals surface area (Å²) in [5, 5.41) is 0.526. The SMILES string of the molecule is COc1ccc(CN(C)c2nc(N3CCCC3)ncc2/C=C(\C=O)C(=O)N2CCOCC2)cc1Cl. The van der Waals surface area contributed by atoms with Crippen LogP contribution in [0.4, 0.5) is 11.8 Å². The number of aromatic nitrogens is 2. The molecular formula is C25H30ClN5O4. The minimum atomic E-state index is -0.317. The molecule has 3 heterocycles. The number of morpholine rings is 1. The standard InChI is InChI=1S/C25H30ClN5O4/c1-29(16-18-5-6-22(34-2)21(26)13-18)23-19(15-27-25(28-23)31-7-3-4-8-31)14-20(17-32)24(33)30-9-11-35-12-10-30/h5-6,13-15,17H,3-4,7-12,16H2,1-2H3/b20-14+. The monoisotopic (exact) mass is 499 g/mol. The number of nitrogens with zero attached hydrogens (tertiary/aromatic N) is 5. The van der Waals surface area contributed by atoms with Crippen molar-refractivity contribution in [3.8, 4) is 5.75 Å². The summed E-state index contributed by atoms with van der Waals surface area (Å²) in [6, 6.07) is 5.62. The van der Waals surface area contributed by atoms with Crippen LogP contribution in [-0.2, 0) is 20.9 Å². The summed E-state index contributed by atoms with van der Waals surface area (Å²) < 4.78 is 10.6. The maximum atomic E-state index is 13.0. The summed E-state index contributed by atoms with van der Waals surface area (Å²) in [5.74, 6) is 1.56. The van der Waals surface area contributed by atoms with Crippen molar-refractivity contribution >= 4 is 41.6 Å². The van der Waals surface area contributed by atoms with Crippen LogP contribution in [0.5, 0.6) is 5.75 Å². The van der Waals surface area contributed by atoms with Gasteiger partial charge in [-0.25, -0.2) is 4.98 Å². The average Bonchev–Trinajstić information content (AvgIpc) is 3.42. The van der Waals surface area contributed by atoms with E-state index in [-0.39, 0.29) is 11.5 Å². The molecule has 1 aromatic carbocycles. The fourth-order valence-electron chi connectivity index (χ4n) is 4.27. The third-order valence-electron chi connectivity index (χ3n) is 6.15.